The molecule has 0 saturated heterocycles. The molecule has 2 N–H and O–H groups in total. The summed E-state index contributed by atoms with van der Waals surface area (Å²) in [6, 6.07) is 2.33. The van der Waals surface area contributed by atoms with Gasteiger partial charge in [-0.1, -0.05) is 6.07 Å². The number of ether oxygens (including phenoxy) is 2. The standard InChI is InChI=1S/C15H18F3N3O2/c1-9-11(8-20-21-9)7-19-14(15(16,17)18)10-4-5-12(22-2)13(6-10)23-3/h4-6,8,14,19H,7H2,1-3H3,(H,20,21)/t14-/m1/s1. The van der Waals surface area contributed by atoms with Crippen LogP contribution in [-0.4, -0.2) is 30.6 Å². The van der Waals surface area contributed by atoms with E-state index in [1.807, 2.05) is 0 Å². The second kappa shape index (κ2) is 6.91. The Morgan fingerprint density at radius 1 is 1.22 bits per heavy atom. The van der Waals surface area contributed by atoms with E-state index < -0.39 is 12.2 Å². The third-order valence-corrected chi connectivity index (χ3v) is 3.50. The third kappa shape index (κ3) is 3.95. The molecule has 1 aromatic carbocycles. The van der Waals surface area contributed by atoms with Gasteiger partial charge in [0.1, 0.15) is 6.04 Å². The Labute approximate surface area is 131 Å². The maximum atomic E-state index is 13.4. The molecule has 0 unspecified atom stereocenters. The van der Waals surface area contributed by atoms with Crippen LogP contribution >= 0.6 is 0 Å². The first kappa shape index (κ1) is 17.1. The van der Waals surface area contributed by atoms with Gasteiger partial charge in [0.15, 0.2) is 11.5 Å². The second-order valence-electron chi connectivity index (χ2n) is 4.99. The fourth-order valence-corrected chi connectivity index (χ4v) is 2.22. The fraction of sp³-hybridized carbons (Fsp3) is 0.400. The molecule has 0 aliphatic carbocycles. The minimum atomic E-state index is -4.45. The van der Waals surface area contributed by atoms with Crippen molar-refractivity contribution in [3.05, 3.63) is 41.2 Å². The number of halogens is 3. The van der Waals surface area contributed by atoms with Crippen LogP contribution in [0.1, 0.15) is 22.9 Å². The van der Waals surface area contributed by atoms with Gasteiger partial charge in [-0.05, 0) is 24.6 Å². The predicted molar refractivity (Wildman–Crippen MR) is 78.5 cm³/mol. The van der Waals surface area contributed by atoms with E-state index in [1.54, 1.807) is 6.92 Å². The maximum absolute atomic E-state index is 13.4. The predicted octanol–water partition coefficient (Wildman–Crippen LogP) is 3.13. The summed E-state index contributed by atoms with van der Waals surface area (Å²) >= 11 is 0. The molecule has 0 bridgehead atoms. The molecule has 0 amide bonds. The third-order valence-electron chi connectivity index (χ3n) is 3.50. The summed E-state index contributed by atoms with van der Waals surface area (Å²) in [5.41, 5.74) is 1.46. The quantitative estimate of drug-likeness (QED) is 0.855. The minimum Gasteiger partial charge on any atom is -0.493 e. The number of hydrogen-bond acceptors (Lipinski definition) is 4. The molecule has 0 aliphatic heterocycles. The molecule has 1 atom stereocenters. The Morgan fingerprint density at radius 3 is 2.43 bits per heavy atom. The van der Waals surface area contributed by atoms with Crippen LogP contribution in [0.4, 0.5) is 13.2 Å². The molecule has 0 aliphatic rings. The van der Waals surface area contributed by atoms with E-state index in [1.165, 1.54) is 38.6 Å². The van der Waals surface area contributed by atoms with Gasteiger partial charge in [0.25, 0.3) is 0 Å². The Morgan fingerprint density at radius 2 is 1.91 bits per heavy atom. The number of nitrogens with zero attached hydrogens (tertiary/aromatic N) is 1. The van der Waals surface area contributed by atoms with E-state index in [2.05, 4.69) is 15.5 Å². The van der Waals surface area contributed by atoms with Crippen LogP contribution in [0.2, 0.25) is 0 Å². The lowest BCUT2D eigenvalue weighted by molar-refractivity contribution is -0.158. The van der Waals surface area contributed by atoms with Crippen molar-refractivity contribution in [1.29, 1.82) is 0 Å². The summed E-state index contributed by atoms with van der Waals surface area (Å²) in [6.07, 6.45) is -2.94. The maximum Gasteiger partial charge on any atom is 0.407 e. The van der Waals surface area contributed by atoms with Gasteiger partial charge >= 0.3 is 6.18 Å². The zero-order valence-corrected chi connectivity index (χ0v) is 13.0. The average Bonchev–Trinajstić information content (AvgIpc) is 2.91. The van der Waals surface area contributed by atoms with Gasteiger partial charge in [-0.3, -0.25) is 10.4 Å². The van der Waals surface area contributed by atoms with Crippen LogP contribution in [0.3, 0.4) is 0 Å². The number of rotatable bonds is 6. The van der Waals surface area contributed by atoms with Gasteiger partial charge in [-0.25, -0.2) is 0 Å². The second-order valence-corrected chi connectivity index (χ2v) is 4.99. The topological polar surface area (TPSA) is 59.2 Å². The van der Waals surface area contributed by atoms with Crippen LogP contribution in [0.15, 0.2) is 24.4 Å². The highest BCUT2D eigenvalue weighted by atomic mass is 19.4. The molecule has 1 aromatic heterocycles. The van der Waals surface area contributed by atoms with Crippen molar-refractivity contribution >= 4 is 0 Å². The van der Waals surface area contributed by atoms with E-state index in [4.69, 9.17) is 9.47 Å². The molecule has 1 heterocycles. The van der Waals surface area contributed by atoms with Crippen molar-refractivity contribution in [2.24, 2.45) is 0 Å². The molecule has 0 fully saturated rings. The van der Waals surface area contributed by atoms with Crippen molar-refractivity contribution in [2.45, 2.75) is 25.7 Å². The fourth-order valence-electron chi connectivity index (χ4n) is 2.22. The van der Waals surface area contributed by atoms with Crippen molar-refractivity contribution < 1.29 is 22.6 Å². The largest absolute Gasteiger partial charge is 0.493 e. The van der Waals surface area contributed by atoms with E-state index in [0.29, 0.717) is 11.3 Å². The smallest absolute Gasteiger partial charge is 0.407 e. The molecular weight excluding hydrogens is 311 g/mol. The molecule has 2 aromatic rings. The number of alkyl halides is 3. The van der Waals surface area contributed by atoms with Crippen LogP contribution in [0.5, 0.6) is 11.5 Å². The SMILES string of the molecule is COc1ccc([C@@H](NCc2cn[nH]c2C)C(F)(F)F)cc1OC. The Bertz CT molecular complexity index is 656. The molecule has 126 valence electrons. The molecule has 0 spiro atoms. The van der Waals surface area contributed by atoms with Gasteiger partial charge in [0, 0.05) is 17.8 Å². The summed E-state index contributed by atoms with van der Waals surface area (Å²) in [6.45, 7) is 1.80. The lowest BCUT2D eigenvalue weighted by Gasteiger charge is -2.23. The summed E-state index contributed by atoms with van der Waals surface area (Å²) in [4.78, 5) is 0. The van der Waals surface area contributed by atoms with Crippen LogP contribution in [-0.2, 0) is 6.54 Å². The number of aromatic nitrogens is 2. The van der Waals surface area contributed by atoms with Gasteiger partial charge < -0.3 is 9.47 Å². The molecule has 2 rings (SSSR count). The number of methoxy groups -OCH3 is 2. The van der Waals surface area contributed by atoms with Gasteiger partial charge in [0.05, 0.1) is 20.4 Å². The number of aromatic amines is 1. The highest BCUT2D eigenvalue weighted by molar-refractivity contribution is 5.44. The summed E-state index contributed by atoms with van der Waals surface area (Å²) < 4.78 is 50.3. The Balaban J connectivity index is 2.26. The first-order valence-corrected chi connectivity index (χ1v) is 6.87. The van der Waals surface area contributed by atoms with Crippen molar-refractivity contribution in [2.75, 3.05) is 14.2 Å². The van der Waals surface area contributed by atoms with Crippen LogP contribution in [0, 0.1) is 6.92 Å². The average molecular weight is 329 g/mol. The summed E-state index contributed by atoms with van der Waals surface area (Å²) in [5.74, 6) is 0.628. The molecule has 8 heteroatoms. The van der Waals surface area contributed by atoms with Crippen LogP contribution in [0.25, 0.3) is 0 Å². The summed E-state index contributed by atoms with van der Waals surface area (Å²) in [7, 11) is 2.81. The monoisotopic (exact) mass is 329 g/mol. The highest BCUT2D eigenvalue weighted by Gasteiger charge is 2.40. The number of nitrogens with one attached hydrogen (secondary N) is 2. The number of aryl methyl sites for hydroxylation is 1. The molecular formula is C15H18F3N3O2. The van der Waals surface area contributed by atoms with E-state index in [0.717, 1.165) is 5.69 Å². The Kier molecular flexibility index (Phi) is 5.15. The summed E-state index contributed by atoms with van der Waals surface area (Å²) in [5, 5.41) is 9.02. The van der Waals surface area contributed by atoms with Gasteiger partial charge in [-0.15, -0.1) is 0 Å². The van der Waals surface area contributed by atoms with Crippen molar-refractivity contribution in [3.63, 3.8) is 0 Å². The molecule has 5 nitrogen and oxygen atoms in total. The highest BCUT2D eigenvalue weighted by Crippen LogP contribution is 2.37. The van der Waals surface area contributed by atoms with Gasteiger partial charge in [0.2, 0.25) is 0 Å². The van der Waals surface area contributed by atoms with Crippen molar-refractivity contribution in [1.82, 2.24) is 15.5 Å². The zero-order chi connectivity index (χ0) is 17.0. The first-order valence-electron chi connectivity index (χ1n) is 6.87. The zero-order valence-electron chi connectivity index (χ0n) is 13.0. The molecule has 0 saturated carbocycles. The molecule has 23 heavy (non-hydrogen) atoms. The molecule has 0 radical (unpaired) electrons. The lowest BCUT2D eigenvalue weighted by atomic mass is 10.0. The lowest BCUT2D eigenvalue weighted by Crippen LogP contribution is -2.33. The van der Waals surface area contributed by atoms with Crippen molar-refractivity contribution in [3.8, 4) is 11.5 Å². The Hall–Kier alpha value is -2.22. The first-order chi connectivity index (χ1) is 10.9. The number of hydrogen-bond donors (Lipinski definition) is 2. The number of H-pyrrole nitrogens is 1. The van der Waals surface area contributed by atoms with E-state index in [-0.39, 0.29) is 17.9 Å². The van der Waals surface area contributed by atoms with Crippen LogP contribution < -0.4 is 14.8 Å². The van der Waals surface area contributed by atoms with E-state index >= 15 is 0 Å². The number of benzene rings is 1. The normalized spacial score (nSPS) is 13.0. The van der Waals surface area contributed by atoms with E-state index in [9.17, 15) is 13.2 Å². The van der Waals surface area contributed by atoms with Gasteiger partial charge in [-0.2, -0.15) is 18.3 Å². The minimum absolute atomic E-state index is 0.0425.